The minimum atomic E-state index is 0.155. The molecule has 2 aromatic rings. The molecule has 4 heteroatoms. The van der Waals surface area contributed by atoms with Crippen LogP contribution in [-0.2, 0) is 13.1 Å². The average Bonchev–Trinajstić information content (AvgIpc) is 3.26. The molecule has 118 valence electrons. The summed E-state index contributed by atoms with van der Waals surface area (Å²) in [7, 11) is 0. The number of aliphatic hydroxyl groups excluding tert-OH is 1. The molecule has 0 unspecified atom stereocenters. The van der Waals surface area contributed by atoms with E-state index in [1.54, 1.807) is 0 Å². The normalized spacial score (nSPS) is 16.0. The van der Waals surface area contributed by atoms with Gasteiger partial charge in [-0.25, -0.2) is 0 Å². The summed E-state index contributed by atoms with van der Waals surface area (Å²) in [5.74, 6) is 0. The van der Waals surface area contributed by atoms with Crippen LogP contribution in [0.5, 0.6) is 0 Å². The van der Waals surface area contributed by atoms with Gasteiger partial charge in [0, 0.05) is 36.4 Å². The number of nitrogens with zero attached hydrogens (tertiary/aromatic N) is 2. The van der Waals surface area contributed by atoms with Gasteiger partial charge >= 0.3 is 0 Å². The molecule has 1 saturated carbocycles. The van der Waals surface area contributed by atoms with Gasteiger partial charge in [-0.2, -0.15) is 5.10 Å². The number of benzene rings is 1. The third-order valence-corrected chi connectivity index (χ3v) is 4.80. The maximum absolute atomic E-state index is 9.37. The fourth-order valence-electron chi connectivity index (χ4n) is 2.92. The van der Waals surface area contributed by atoms with Crippen molar-refractivity contribution in [1.82, 2.24) is 15.1 Å². The molecule has 0 aliphatic heterocycles. The molecule has 2 N–H and O–H groups in total. The van der Waals surface area contributed by atoms with E-state index in [1.165, 1.54) is 16.8 Å². The van der Waals surface area contributed by atoms with E-state index in [2.05, 4.69) is 53.2 Å². The first-order valence-corrected chi connectivity index (χ1v) is 8.02. The van der Waals surface area contributed by atoms with Gasteiger partial charge in [0.25, 0.3) is 0 Å². The van der Waals surface area contributed by atoms with Gasteiger partial charge in [-0.05, 0) is 32.3 Å². The molecule has 1 heterocycles. The molecule has 0 radical (unpaired) electrons. The van der Waals surface area contributed by atoms with Crippen molar-refractivity contribution in [2.45, 2.75) is 39.8 Å². The van der Waals surface area contributed by atoms with Crippen LogP contribution in [0.4, 0.5) is 0 Å². The molecule has 0 atom stereocenters. The Bertz CT molecular complexity index is 629. The Kier molecular flexibility index (Phi) is 4.32. The van der Waals surface area contributed by atoms with Crippen molar-refractivity contribution >= 4 is 0 Å². The lowest BCUT2D eigenvalue weighted by atomic mass is 10.1. The lowest BCUT2D eigenvalue weighted by Gasteiger charge is -2.13. The maximum atomic E-state index is 9.37. The molecule has 1 aromatic heterocycles. The average molecular weight is 299 g/mol. The SMILES string of the molecule is Cc1nn(Cc2ccccc2)c(C)c1CNCC1(CO)CC1. The van der Waals surface area contributed by atoms with Crippen LogP contribution in [0.2, 0.25) is 0 Å². The number of aromatic nitrogens is 2. The van der Waals surface area contributed by atoms with Crippen LogP contribution in [0.15, 0.2) is 30.3 Å². The number of hydrogen-bond acceptors (Lipinski definition) is 3. The highest BCUT2D eigenvalue weighted by molar-refractivity contribution is 5.26. The second-order valence-corrected chi connectivity index (χ2v) is 6.55. The minimum absolute atomic E-state index is 0.155. The number of aliphatic hydroxyl groups is 1. The van der Waals surface area contributed by atoms with Crippen LogP contribution in [0, 0.1) is 19.3 Å². The second-order valence-electron chi connectivity index (χ2n) is 6.55. The van der Waals surface area contributed by atoms with Crippen LogP contribution in [0.1, 0.15) is 35.4 Å². The van der Waals surface area contributed by atoms with Crippen molar-refractivity contribution in [3.05, 3.63) is 52.8 Å². The molecular weight excluding hydrogens is 274 g/mol. The van der Waals surface area contributed by atoms with Crippen LogP contribution in [0.25, 0.3) is 0 Å². The zero-order chi connectivity index (χ0) is 15.6. The summed E-state index contributed by atoms with van der Waals surface area (Å²) in [6, 6.07) is 10.4. The van der Waals surface area contributed by atoms with Gasteiger partial charge in [0.05, 0.1) is 12.2 Å². The van der Waals surface area contributed by atoms with Crippen molar-refractivity contribution < 1.29 is 5.11 Å². The number of hydrogen-bond donors (Lipinski definition) is 2. The van der Waals surface area contributed by atoms with Crippen molar-refractivity contribution in [2.24, 2.45) is 5.41 Å². The first-order chi connectivity index (χ1) is 10.6. The van der Waals surface area contributed by atoms with Crippen molar-refractivity contribution in [3.63, 3.8) is 0 Å². The molecule has 1 fully saturated rings. The van der Waals surface area contributed by atoms with Gasteiger partial charge in [-0.15, -0.1) is 0 Å². The van der Waals surface area contributed by atoms with Crippen LogP contribution in [-0.4, -0.2) is 28.0 Å². The van der Waals surface area contributed by atoms with Crippen LogP contribution < -0.4 is 5.32 Å². The predicted octanol–water partition coefficient (Wildman–Crippen LogP) is 2.41. The van der Waals surface area contributed by atoms with Crippen LogP contribution >= 0.6 is 0 Å². The first-order valence-electron chi connectivity index (χ1n) is 8.02. The van der Waals surface area contributed by atoms with Gasteiger partial charge in [-0.3, -0.25) is 4.68 Å². The van der Waals surface area contributed by atoms with E-state index >= 15 is 0 Å². The molecule has 22 heavy (non-hydrogen) atoms. The van der Waals surface area contributed by atoms with E-state index in [1.807, 2.05) is 6.07 Å². The molecule has 3 rings (SSSR count). The Hall–Kier alpha value is -1.65. The first kappa shape index (κ1) is 15.3. The topological polar surface area (TPSA) is 50.1 Å². The van der Waals surface area contributed by atoms with E-state index in [4.69, 9.17) is 0 Å². The Labute approximate surface area is 132 Å². The van der Waals surface area contributed by atoms with Crippen molar-refractivity contribution in [3.8, 4) is 0 Å². The largest absolute Gasteiger partial charge is 0.396 e. The summed E-state index contributed by atoms with van der Waals surface area (Å²) in [4.78, 5) is 0. The summed E-state index contributed by atoms with van der Waals surface area (Å²) < 4.78 is 2.08. The molecule has 0 bridgehead atoms. The predicted molar refractivity (Wildman–Crippen MR) is 87.7 cm³/mol. The van der Waals surface area contributed by atoms with E-state index in [9.17, 15) is 5.11 Å². The van der Waals surface area contributed by atoms with Gasteiger partial charge in [0.1, 0.15) is 0 Å². The number of aryl methyl sites for hydroxylation is 1. The summed E-state index contributed by atoms with van der Waals surface area (Å²) in [5.41, 5.74) is 5.02. The van der Waals surface area contributed by atoms with Gasteiger partial charge in [-0.1, -0.05) is 30.3 Å². The van der Waals surface area contributed by atoms with Gasteiger partial charge in [0.15, 0.2) is 0 Å². The molecular formula is C18H25N3O. The molecule has 1 aromatic carbocycles. The highest BCUT2D eigenvalue weighted by Gasteiger charge is 2.41. The van der Waals surface area contributed by atoms with Crippen molar-refractivity contribution in [2.75, 3.05) is 13.2 Å². The van der Waals surface area contributed by atoms with E-state index < -0.39 is 0 Å². The van der Waals surface area contributed by atoms with Gasteiger partial charge < -0.3 is 10.4 Å². The Morgan fingerprint density at radius 1 is 1.23 bits per heavy atom. The minimum Gasteiger partial charge on any atom is -0.396 e. The van der Waals surface area contributed by atoms with E-state index in [-0.39, 0.29) is 5.41 Å². The third kappa shape index (κ3) is 3.23. The van der Waals surface area contributed by atoms with Crippen molar-refractivity contribution in [1.29, 1.82) is 0 Å². The van der Waals surface area contributed by atoms with Gasteiger partial charge in [0.2, 0.25) is 0 Å². The molecule has 0 amide bonds. The summed E-state index contributed by atoms with van der Waals surface area (Å²) >= 11 is 0. The fraction of sp³-hybridized carbons (Fsp3) is 0.500. The molecule has 1 aliphatic rings. The lowest BCUT2D eigenvalue weighted by molar-refractivity contribution is 0.207. The molecule has 4 nitrogen and oxygen atoms in total. The standard InChI is InChI=1S/C18H25N3O/c1-14-17(10-19-12-18(13-22)8-9-18)15(2)21(20-14)11-16-6-4-3-5-7-16/h3-7,19,22H,8-13H2,1-2H3. The maximum Gasteiger partial charge on any atom is 0.0662 e. The monoisotopic (exact) mass is 299 g/mol. The second kappa shape index (κ2) is 6.23. The number of nitrogens with one attached hydrogen (secondary N) is 1. The zero-order valence-corrected chi connectivity index (χ0v) is 13.5. The Morgan fingerprint density at radius 3 is 2.59 bits per heavy atom. The lowest BCUT2D eigenvalue weighted by Crippen LogP contribution is -2.26. The number of rotatable bonds is 7. The van der Waals surface area contributed by atoms with E-state index in [0.29, 0.717) is 6.61 Å². The summed E-state index contributed by atoms with van der Waals surface area (Å²) in [5, 5.41) is 17.6. The summed E-state index contributed by atoms with van der Waals surface area (Å²) in [6.07, 6.45) is 2.28. The Morgan fingerprint density at radius 2 is 1.95 bits per heavy atom. The van der Waals surface area contributed by atoms with Crippen LogP contribution in [0.3, 0.4) is 0 Å². The molecule has 0 saturated heterocycles. The fourth-order valence-corrected chi connectivity index (χ4v) is 2.92. The quantitative estimate of drug-likeness (QED) is 0.825. The highest BCUT2D eigenvalue weighted by atomic mass is 16.3. The Balaban J connectivity index is 1.65. The highest BCUT2D eigenvalue weighted by Crippen LogP contribution is 2.44. The molecule has 1 aliphatic carbocycles. The van der Waals surface area contributed by atoms with E-state index in [0.717, 1.165) is 38.2 Å². The summed E-state index contributed by atoms with van der Waals surface area (Å²) in [6.45, 7) is 7.04. The smallest absolute Gasteiger partial charge is 0.0662 e. The molecule has 0 spiro atoms. The third-order valence-electron chi connectivity index (χ3n) is 4.80. The zero-order valence-electron chi connectivity index (χ0n) is 13.5.